The summed E-state index contributed by atoms with van der Waals surface area (Å²) in [6, 6.07) is 7.02. The zero-order valence-corrected chi connectivity index (χ0v) is 12.4. The van der Waals surface area contributed by atoms with Gasteiger partial charge in [0.05, 0.1) is 6.10 Å². The smallest absolute Gasteiger partial charge is 0.194 e. The summed E-state index contributed by atoms with van der Waals surface area (Å²) >= 11 is 0. The van der Waals surface area contributed by atoms with Gasteiger partial charge in [-0.05, 0) is 45.0 Å². The van der Waals surface area contributed by atoms with Gasteiger partial charge in [-0.1, -0.05) is 18.7 Å². The Kier molecular flexibility index (Phi) is 5.71. The molecule has 1 atom stereocenters. The molecular weight excluding hydrogens is 252 g/mol. The lowest BCUT2D eigenvalue weighted by molar-refractivity contribution is -0.0253. The molecule has 0 saturated heterocycles. The van der Waals surface area contributed by atoms with E-state index in [9.17, 15) is 4.79 Å². The molecule has 0 N–H and O–H groups in total. The molecule has 0 aliphatic heterocycles. The molecule has 3 heteroatoms. The van der Waals surface area contributed by atoms with Crippen LogP contribution in [0.1, 0.15) is 31.1 Å². The number of hydrogen-bond donors (Lipinski definition) is 0. The fraction of sp³-hybridized carbons (Fsp3) is 0.353. The highest BCUT2D eigenvalue weighted by atomic mass is 16.5. The van der Waals surface area contributed by atoms with Gasteiger partial charge >= 0.3 is 0 Å². The number of benzene rings is 1. The number of rotatable bonds is 8. The Morgan fingerprint density at radius 2 is 1.90 bits per heavy atom. The van der Waals surface area contributed by atoms with E-state index in [1.54, 1.807) is 50.3 Å². The number of ketones is 1. The summed E-state index contributed by atoms with van der Waals surface area (Å²) < 4.78 is 11.1. The lowest BCUT2D eigenvalue weighted by atomic mass is 9.96. The van der Waals surface area contributed by atoms with Crippen molar-refractivity contribution >= 4 is 5.78 Å². The molecule has 0 amide bonds. The van der Waals surface area contributed by atoms with Gasteiger partial charge in [-0.2, -0.15) is 0 Å². The molecule has 0 aliphatic rings. The van der Waals surface area contributed by atoms with Crippen LogP contribution in [0.3, 0.4) is 0 Å². The fourth-order valence-corrected chi connectivity index (χ4v) is 1.77. The molecule has 108 valence electrons. The second-order valence-electron chi connectivity index (χ2n) is 5.02. The molecular formula is C17H22O3. The average Bonchev–Trinajstić information content (AvgIpc) is 2.44. The Labute approximate surface area is 120 Å². The van der Waals surface area contributed by atoms with Crippen molar-refractivity contribution in [2.45, 2.75) is 32.5 Å². The molecule has 0 saturated carbocycles. The Balaban J connectivity index is 2.80. The highest BCUT2D eigenvalue weighted by Gasteiger charge is 2.30. The van der Waals surface area contributed by atoms with Gasteiger partial charge in [0, 0.05) is 5.56 Å². The third-order valence-corrected chi connectivity index (χ3v) is 2.84. The molecule has 0 heterocycles. The van der Waals surface area contributed by atoms with Crippen molar-refractivity contribution in [3.8, 4) is 5.75 Å². The first-order valence-corrected chi connectivity index (χ1v) is 6.59. The van der Waals surface area contributed by atoms with Crippen molar-refractivity contribution in [1.82, 2.24) is 0 Å². The largest absolute Gasteiger partial charge is 0.490 e. The van der Waals surface area contributed by atoms with Crippen LogP contribution in [-0.2, 0) is 4.74 Å². The quantitative estimate of drug-likeness (QED) is 0.534. The highest BCUT2D eigenvalue weighted by Crippen LogP contribution is 2.21. The fourth-order valence-electron chi connectivity index (χ4n) is 1.77. The Hall–Kier alpha value is -1.87. The molecule has 20 heavy (non-hydrogen) atoms. The van der Waals surface area contributed by atoms with E-state index in [-0.39, 0.29) is 11.9 Å². The second kappa shape index (κ2) is 7.06. The summed E-state index contributed by atoms with van der Waals surface area (Å²) in [5.41, 5.74) is -0.297. The van der Waals surface area contributed by atoms with Crippen molar-refractivity contribution in [1.29, 1.82) is 0 Å². The monoisotopic (exact) mass is 274 g/mol. The standard InChI is InChI=1S/C17H22O3/c1-6-12-19-15-10-8-14(9-11-15)16(18)17(4,5)20-13(3)7-2/h6-11,13H,1-2,12H2,3-5H3. The van der Waals surface area contributed by atoms with Crippen LogP contribution >= 0.6 is 0 Å². The van der Waals surface area contributed by atoms with Gasteiger partial charge in [0.1, 0.15) is 18.0 Å². The number of hydrogen-bond acceptors (Lipinski definition) is 3. The molecule has 1 unspecified atom stereocenters. The van der Waals surface area contributed by atoms with E-state index in [0.29, 0.717) is 17.9 Å². The van der Waals surface area contributed by atoms with Crippen LogP contribution in [0.15, 0.2) is 49.6 Å². The zero-order valence-electron chi connectivity index (χ0n) is 12.4. The number of carbonyl (C=O) groups is 1. The predicted octanol–water partition coefficient (Wildman–Crippen LogP) is 3.80. The van der Waals surface area contributed by atoms with Crippen LogP contribution in [0.5, 0.6) is 5.75 Å². The number of Topliss-reactive ketones (excluding diaryl/α,β-unsaturated/α-hetero) is 1. The van der Waals surface area contributed by atoms with E-state index < -0.39 is 5.60 Å². The van der Waals surface area contributed by atoms with E-state index in [1.165, 1.54) is 0 Å². The van der Waals surface area contributed by atoms with E-state index in [4.69, 9.17) is 9.47 Å². The lowest BCUT2D eigenvalue weighted by Crippen LogP contribution is -2.37. The van der Waals surface area contributed by atoms with Crippen LogP contribution in [0.2, 0.25) is 0 Å². The summed E-state index contributed by atoms with van der Waals surface area (Å²) in [4.78, 5) is 12.4. The second-order valence-corrected chi connectivity index (χ2v) is 5.02. The van der Waals surface area contributed by atoms with Gasteiger partial charge in [-0.15, -0.1) is 6.58 Å². The maximum Gasteiger partial charge on any atom is 0.194 e. The molecule has 0 aromatic heterocycles. The number of ether oxygens (including phenoxy) is 2. The summed E-state index contributed by atoms with van der Waals surface area (Å²) in [7, 11) is 0. The maximum atomic E-state index is 12.4. The Morgan fingerprint density at radius 3 is 2.40 bits per heavy atom. The normalized spacial score (nSPS) is 12.6. The van der Waals surface area contributed by atoms with Gasteiger partial charge in [-0.3, -0.25) is 4.79 Å². The van der Waals surface area contributed by atoms with E-state index in [2.05, 4.69) is 13.2 Å². The van der Waals surface area contributed by atoms with Crippen molar-refractivity contribution in [3.05, 3.63) is 55.1 Å². The van der Waals surface area contributed by atoms with Crippen molar-refractivity contribution in [2.75, 3.05) is 6.61 Å². The van der Waals surface area contributed by atoms with Gasteiger partial charge < -0.3 is 9.47 Å². The summed E-state index contributed by atoms with van der Waals surface area (Å²) in [5, 5.41) is 0. The molecule has 1 aromatic carbocycles. The number of carbonyl (C=O) groups excluding carboxylic acids is 1. The van der Waals surface area contributed by atoms with Gasteiger partial charge in [0.15, 0.2) is 5.78 Å². The Morgan fingerprint density at radius 1 is 1.30 bits per heavy atom. The minimum Gasteiger partial charge on any atom is -0.490 e. The minimum atomic E-state index is -0.892. The average molecular weight is 274 g/mol. The summed E-state index contributed by atoms with van der Waals surface area (Å²) in [6.45, 7) is 13.1. The van der Waals surface area contributed by atoms with Gasteiger partial charge in [0.25, 0.3) is 0 Å². The molecule has 0 fully saturated rings. The SMILES string of the molecule is C=CCOc1ccc(C(=O)C(C)(C)OC(C)C=C)cc1. The van der Waals surface area contributed by atoms with E-state index >= 15 is 0 Å². The summed E-state index contributed by atoms with van der Waals surface area (Å²) in [6.07, 6.45) is 3.16. The maximum absolute atomic E-state index is 12.4. The van der Waals surface area contributed by atoms with Crippen molar-refractivity contribution in [3.63, 3.8) is 0 Å². The summed E-state index contributed by atoms with van der Waals surface area (Å²) in [5.74, 6) is 0.640. The molecule has 0 aliphatic carbocycles. The molecule has 0 spiro atoms. The molecule has 3 nitrogen and oxygen atoms in total. The topological polar surface area (TPSA) is 35.5 Å². The predicted molar refractivity (Wildman–Crippen MR) is 81.3 cm³/mol. The van der Waals surface area contributed by atoms with Crippen molar-refractivity contribution in [2.24, 2.45) is 0 Å². The minimum absolute atomic E-state index is 0.0681. The van der Waals surface area contributed by atoms with Crippen LogP contribution in [-0.4, -0.2) is 24.1 Å². The van der Waals surface area contributed by atoms with E-state index in [1.807, 2.05) is 6.92 Å². The molecule has 0 bridgehead atoms. The molecule has 1 aromatic rings. The first-order chi connectivity index (χ1) is 9.40. The van der Waals surface area contributed by atoms with E-state index in [0.717, 1.165) is 0 Å². The van der Waals surface area contributed by atoms with Crippen molar-refractivity contribution < 1.29 is 14.3 Å². The third-order valence-electron chi connectivity index (χ3n) is 2.84. The highest BCUT2D eigenvalue weighted by molar-refractivity contribution is 6.02. The zero-order chi connectivity index (χ0) is 15.2. The first kappa shape index (κ1) is 16.2. The van der Waals surface area contributed by atoms with Crippen LogP contribution in [0.4, 0.5) is 0 Å². The van der Waals surface area contributed by atoms with Crippen LogP contribution in [0, 0.1) is 0 Å². The molecule has 1 rings (SSSR count). The molecule has 0 radical (unpaired) electrons. The van der Waals surface area contributed by atoms with Gasteiger partial charge in [0.2, 0.25) is 0 Å². The Bertz CT molecular complexity index is 472. The van der Waals surface area contributed by atoms with Crippen LogP contribution < -0.4 is 4.74 Å². The van der Waals surface area contributed by atoms with Crippen LogP contribution in [0.25, 0.3) is 0 Å². The first-order valence-electron chi connectivity index (χ1n) is 6.59. The lowest BCUT2D eigenvalue weighted by Gasteiger charge is -2.26. The van der Waals surface area contributed by atoms with Gasteiger partial charge in [-0.25, -0.2) is 0 Å². The third kappa shape index (κ3) is 4.35.